The van der Waals surface area contributed by atoms with Gasteiger partial charge in [0, 0.05) is 6.04 Å². The van der Waals surface area contributed by atoms with E-state index < -0.39 is 0 Å². The standard InChI is InChI=1S/C12H20N2O/c1-9-5-4-8-13-11(9)12(15)14-10-6-2-3-7-10/h2-3,9-11,13H,4-8H2,1H3,(H,14,15). The number of carbonyl (C=O) groups excluding carboxylic acids is 1. The predicted octanol–water partition coefficient (Wildman–Crippen LogP) is 1.21. The third kappa shape index (κ3) is 2.59. The Labute approximate surface area is 91.3 Å². The van der Waals surface area contributed by atoms with E-state index in [4.69, 9.17) is 0 Å². The highest BCUT2D eigenvalue weighted by Gasteiger charge is 2.28. The summed E-state index contributed by atoms with van der Waals surface area (Å²) >= 11 is 0. The third-order valence-electron chi connectivity index (χ3n) is 3.41. The molecule has 3 nitrogen and oxygen atoms in total. The molecule has 0 aromatic rings. The lowest BCUT2D eigenvalue weighted by Gasteiger charge is -2.30. The zero-order chi connectivity index (χ0) is 10.7. The minimum atomic E-state index is 0.0272. The Morgan fingerprint density at radius 1 is 1.40 bits per heavy atom. The van der Waals surface area contributed by atoms with Gasteiger partial charge in [-0.15, -0.1) is 0 Å². The van der Waals surface area contributed by atoms with Crippen molar-refractivity contribution in [3.63, 3.8) is 0 Å². The van der Waals surface area contributed by atoms with Crippen LogP contribution in [0.4, 0.5) is 0 Å². The van der Waals surface area contributed by atoms with E-state index >= 15 is 0 Å². The fraction of sp³-hybridized carbons (Fsp3) is 0.750. The Bertz CT molecular complexity index is 254. The molecule has 3 heteroatoms. The van der Waals surface area contributed by atoms with Gasteiger partial charge in [-0.3, -0.25) is 4.79 Å². The maximum atomic E-state index is 12.0. The fourth-order valence-corrected chi connectivity index (χ4v) is 2.43. The first kappa shape index (κ1) is 10.7. The van der Waals surface area contributed by atoms with Gasteiger partial charge in [0.05, 0.1) is 6.04 Å². The van der Waals surface area contributed by atoms with E-state index in [1.54, 1.807) is 0 Å². The van der Waals surface area contributed by atoms with Gasteiger partial charge in [-0.2, -0.15) is 0 Å². The van der Waals surface area contributed by atoms with Gasteiger partial charge in [0.15, 0.2) is 0 Å². The molecule has 1 amide bonds. The first-order chi connectivity index (χ1) is 7.27. The molecule has 0 aromatic carbocycles. The molecule has 0 saturated carbocycles. The Morgan fingerprint density at radius 2 is 2.13 bits per heavy atom. The molecule has 2 unspecified atom stereocenters. The minimum absolute atomic E-state index is 0.0272. The van der Waals surface area contributed by atoms with Crippen molar-refractivity contribution in [3.05, 3.63) is 12.2 Å². The van der Waals surface area contributed by atoms with Gasteiger partial charge < -0.3 is 10.6 Å². The average Bonchev–Trinajstić information content (AvgIpc) is 2.71. The molecule has 1 saturated heterocycles. The van der Waals surface area contributed by atoms with Crippen LogP contribution in [-0.4, -0.2) is 24.5 Å². The summed E-state index contributed by atoms with van der Waals surface area (Å²) in [6.07, 6.45) is 8.62. The Hall–Kier alpha value is -0.830. The normalized spacial score (nSPS) is 31.8. The summed E-state index contributed by atoms with van der Waals surface area (Å²) in [5.41, 5.74) is 0. The molecule has 0 bridgehead atoms. The van der Waals surface area contributed by atoms with Crippen LogP contribution in [-0.2, 0) is 4.79 Å². The van der Waals surface area contributed by atoms with E-state index in [9.17, 15) is 4.79 Å². The van der Waals surface area contributed by atoms with Crippen LogP contribution < -0.4 is 10.6 Å². The molecule has 0 aromatic heterocycles. The number of hydrogen-bond donors (Lipinski definition) is 2. The molecule has 2 aliphatic rings. The van der Waals surface area contributed by atoms with Crippen LogP contribution >= 0.6 is 0 Å². The number of hydrogen-bond acceptors (Lipinski definition) is 2. The lowest BCUT2D eigenvalue weighted by molar-refractivity contribution is -0.125. The van der Waals surface area contributed by atoms with Crippen LogP contribution in [0.1, 0.15) is 32.6 Å². The lowest BCUT2D eigenvalue weighted by atomic mass is 9.92. The molecule has 1 aliphatic heterocycles. The first-order valence-electron chi connectivity index (χ1n) is 5.96. The Morgan fingerprint density at radius 3 is 2.80 bits per heavy atom. The van der Waals surface area contributed by atoms with Gasteiger partial charge in [-0.25, -0.2) is 0 Å². The second-order valence-corrected chi connectivity index (χ2v) is 4.70. The minimum Gasteiger partial charge on any atom is -0.351 e. The van der Waals surface area contributed by atoms with Crippen LogP contribution in [0.25, 0.3) is 0 Å². The summed E-state index contributed by atoms with van der Waals surface area (Å²) in [7, 11) is 0. The number of carbonyl (C=O) groups is 1. The molecule has 1 aliphatic carbocycles. The highest BCUT2D eigenvalue weighted by atomic mass is 16.2. The largest absolute Gasteiger partial charge is 0.351 e. The Balaban J connectivity index is 1.83. The topological polar surface area (TPSA) is 41.1 Å². The quantitative estimate of drug-likeness (QED) is 0.670. The van der Waals surface area contributed by atoms with Crippen molar-refractivity contribution < 1.29 is 4.79 Å². The zero-order valence-electron chi connectivity index (χ0n) is 9.33. The molecular formula is C12H20N2O. The van der Waals surface area contributed by atoms with E-state index in [1.165, 1.54) is 6.42 Å². The van der Waals surface area contributed by atoms with E-state index in [1.807, 2.05) is 0 Å². The zero-order valence-corrected chi connectivity index (χ0v) is 9.33. The highest BCUT2D eigenvalue weighted by molar-refractivity contribution is 5.82. The van der Waals surface area contributed by atoms with Crippen molar-refractivity contribution in [1.82, 2.24) is 10.6 Å². The molecule has 2 N–H and O–H groups in total. The number of nitrogens with one attached hydrogen (secondary N) is 2. The van der Waals surface area contributed by atoms with E-state index in [0.717, 1.165) is 25.8 Å². The molecule has 0 radical (unpaired) electrons. The van der Waals surface area contributed by atoms with Crippen molar-refractivity contribution in [2.24, 2.45) is 5.92 Å². The summed E-state index contributed by atoms with van der Waals surface area (Å²) in [6, 6.07) is 0.368. The summed E-state index contributed by atoms with van der Waals surface area (Å²) in [4.78, 5) is 12.0. The van der Waals surface area contributed by atoms with Crippen molar-refractivity contribution in [2.75, 3.05) is 6.54 Å². The second-order valence-electron chi connectivity index (χ2n) is 4.70. The SMILES string of the molecule is CC1CCCNC1C(=O)NC1CC=CC1. The van der Waals surface area contributed by atoms with E-state index in [-0.39, 0.29) is 11.9 Å². The third-order valence-corrected chi connectivity index (χ3v) is 3.41. The molecule has 84 valence electrons. The second kappa shape index (κ2) is 4.79. The summed E-state index contributed by atoms with van der Waals surface area (Å²) < 4.78 is 0. The van der Waals surface area contributed by atoms with Gasteiger partial charge in [0.1, 0.15) is 0 Å². The van der Waals surface area contributed by atoms with Gasteiger partial charge in [-0.05, 0) is 38.1 Å². The maximum Gasteiger partial charge on any atom is 0.237 e. The summed E-state index contributed by atoms with van der Waals surface area (Å²) in [5, 5.41) is 6.43. The molecule has 2 atom stereocenters. The average molecular weight is 208 g/mol. The predicted molar refractivity (Wildman–Crippen MR) is 60.5 cm³/mol. The van der Waals surface area contributed by atoms with Crippen molar-refractivity contribution >= 4 is 5.91 Å². The van der Waals surface area contributed by atoms with Crippen LogP contribution in [0.5, 0.6) is 0 Å². The number of amides is 1. The lowest BCUT2D eigenvalue weighted by Crippen LogP contribution is -2.52. The van der Waals surface area contributed by atoms with E-state index in [2.05, 4.69) is 29.7 Å². The fourth-order valence-electron chi connectivity index (χ4n) is 2.43. The number of piperidine rings is 1. The van der Waals surface area contributed by atoms with Crippen LogP contribution in [0.15, 0.2) is 12.2 Å². The number of rotatable bonds is 2. The van der Waals surface area contributed by atoms with Crippen molar-refractivity contribution in [2.45, 2.75) is 44.7 Å². The van der Waals surface area contributed by atoms with E-state index in [0.29, 0.717) is 12.0 Å². The van der Waals surface area contributed by atoms with Crippen molar-refractivity contribution in [1.29, 1.82) is 0 Å². The molecule has 1 fully saturated rings. The Kier molecular flexibility index (Phi) is 3.41. The first-order valence-corrected chi connectivity index (χ1v) is 5.96. The monoisotopic (exact) mass is 208 g/mol. The molecular weight excluding hydrogens is 188 g/mol. The smallest absolute Gasteiger partial charge is 0.237 e. The van der Waals surface area contributed by atoms with Gasteiger partial charge in [-0.1, -0.05) is 19.1 Å². The van der Waals surface area contributed by atoms with Gasteiger partial charge in [0.25, 0.3) is 0 Å². The highest BCUT2D eigenvalue weighted by Crippen LogP contribution is 2.17. The van der Waals surface area contributed by atoms with Crippen LogP contribution in [0.3, 0.4) is 0 Å². The van der Waals surface area contributed by atoms with Gasteiger partial charge >= 0.3 is 0 Å². The summed E-state index contributed by atoms with van der Waals surface area (Å²) in [5.74, 6) is 0.656. The molecule has 0 spiro atoms. The molecule has 15 heavy (non-hydrogen) atoms. The van der Waals surface area contributed by atoms with Crippen LogP contribution in [0, 0.1) is 5.92 Å². The van der Waals surface area contributed by atoms with Crippen LogP contribution in [0.2, 0.25) is 0 Å². The molecule has 1 heterocycles. The maximum absolute atomic E-state index is 12.0. The molecule has 2 rings (SSSR count). The van der Waals surface area contributed by atoms with Crippen molar-refractivity contribution in [3.8, 4) is 0 Å². The summed E-state index contributed by atoms with van der Waals surface area (Å²) in [6.45, 7) is 3.13. The van der Waals surface area contributed by atoms with Gasteiger partial charge in [0.2, 0.25) is 5.91 Å².